The molecule has 0 amide bonds. The summed E-state index contributed by atoms with van der Waals surface area (Å²) in [7, 11) is 0. The number of fused-ring (bicyclic) bond motifs is 2. The van der Waals surface area contributed by atoms with Crippen molar-refractivity contribution in [3.8, 4) is 0 Å². The van der Waals surface area contributed by atoms with Crippen LogP contribution >= 0.6 is 22.7 Å². The Hall–Kier alpha value is -2.49. The first-order valence-electron chi connectivity index (χ1n) is 8.15. The number of carbonyl (C=O) groups excluding carboxylic acids is 1. The van der Waals surface area contributed by atoms with Crippen LogP contribution < -0.4 is 0 Å². The van der Waals surface area contributed by atoms with E-state index < -0.39 is 5.41 Å². The minimum absolute atomic E-state index is 0.120. The molecule has 2 aromatic carbocycles. The standard InChI is InChI=1S/C22H14OS2/c23-21-15-7-1-3-9-17(15)22(19-11-5-13-24-19,20-12-6-14-25-20)18-10-4-2-8-16(18)21/h1-14H. The van der Waals surface area contributed by atoms with Crippen molar-refractivity contribution in [1.82, 2.24) is 0 Å². The van der Waals surface area contributed by atoms with Gasteiger partial charge >= 0.3 is 0 Å². The Morgan fingerprint density at radius 2 is 1.08 bits per heavy atom. The second-order valence-electron chi connectivity index (χ2n) is 6.12. The SMILES string of the molecule is O=C1c2ccccc2C(c2cccs2)(c2cccs2)c2ccccc21. The van der Waals surface area contributed by atoms with Crippen molar-refractivity contribution < 1.29 is 4.79 Å². The number of carbonyl (C=O) groups is 1. The molecule has 0 fully saturated rings. The Labute approximate surface area is 154 Å². The lowest BCUT2D eigenvalue weighted by Crippen LogP contribution is -2.36. The van der Waals surface area contributed by atoms with Gasteiger partial charge in [0.1, 0.15) is 0 Å². The van der Waals surface area contributed by atoms with Crippen LogP contribution in [-0.4, -0.2) is 5.78 Å². The normalized spacial score (nSPS) is 14.8. The molecule has 0 bridgehead atoms. The molecule has 25 heavy (non-hydrogen) atoms. The van der Waals surface area contributed by atoms with Crippen LogP contribution in [0.5, 0.6) is 0 Å². The van der Waals surface area contributed by atoms with E-state index >= 15 is 0 Å². The molecule has 4 aromatic rings. The zero-order valence-corrected chi connectivity index (χ0v) is 14.9. The molecule has 0 spiro atoms. The van der Waals surface area contributed by atoms with Gasteiger partial charge in [-0.05, 0) is 34.0 Å². The smallest absolute Gasteiger partial charge is 0.193 e. The van der Waals surface area contributed by atoms with Crippen molar-refractivity contribution in [2.45, 2.75) is 5.41 Å². The quantitative estimate of drug-likeness (QED) is 0.393. The number of benzene rings is 2. The van der Waals surface area contributed by atoms with Gasteiger partial charge in [0.2, 0.25) is 0 Å². The Morgan fingerprint density at radius 1 is 0.600 bits per heavy atom. The Morgan fingerprint density at radius 3 is 1.52 bits per heavy atom. The van der Waals surface area contributed by atoms with Crippen molar-refractivity contribution in [2.24, 2.45) is 0 Å². The van der Waals surface area contributed by atoms with E-state index in [0.717, 1.165) is 22.3 Å². The van der Waals surface area contributed by atoms with Gasteiger partial charge < -0.3 is 0 Å². The highest BCUT2D eigenvalue weighted by Gasteiger charge is 2.47. The number of rotatable bonds is 2. The van der Waals surface area contributed by atoms with Crippen molar-refractivity contribution in [3.05, 3.63) is 116 Å². The molecule has 2 heterocycles. The van der Waals surface area contributed by atoms with Crippen LogP contribution in [-0.2, 0) is 5.41 Å². The molecule has 5 rings (SSSR count). The second-order valence-corrected chi connectivity index (χ2v) is 8.02. The van der Waals surface area contributed by atoms with Gasteiger partial charge in [0.15, 0.2) is 5.78 Å². The molecule has 0 aliphatic heterocycles. The molecular weight excluding hydrogens is 344 g/mol. The maximum absolute atomic E-state index is 13.1. The maximum atomic E-state index is 13.1. The number of ketones is 1. The Balaban J connectivity index is 2.01. The molecule has 1 nitrogen and oxygen atoms in total. The van der Waals surface area contributed by atoms with E-state index in [1.165, 1.54) is 9.75 Å². The lowest BCUT2D eigenvalue weighted by atomic mass is 9.64. The lowest BCUT2D eigenvalue weighted by molar-refractivity contribution is 0.103. The van der Waals surface area contributed by atoms with E-state index in [0.29, 0.717) is 0 Å². The third-order valence-electron chi connectivity index (χ3n) is 4.93. The molecule has 0 unspecified atom stereocenters. The second kappa shape index (κ2) is 5.51. The highest BCUT2D eigenvalue weighted by Crippen LogP contribution is 2.52. The summed E-state index contributed by atoms with van der Waals surface area (Å²) in [6, 6.07) is 24.7. The van der Waals surface area contributed by atoms with E-state index in [1.54, 1.807) is 22.7 Å². The van der Waals surface area contributed by atoms with Crippen molar-refractivity contribution in [3.63, 3.8) is 0 Å². The van der Waals surface area contributed by atoms with E-state index in [4.69, 9.17) is 0 Å². The Kier molecular flexibility index (Phi) is 3.27. The fourth-order valence-corrected chi connectivity index (χ4v) is 5.94. The van der Waals surface area contributed by atoms with Crippen LogP contribution in [0.1, 0.15) is 36.8 Å². The summed E-state index contributed by atoms with van der Waals surface area (Å²) in [5.74, 6) is 0.120. The van der Waals surface area contributed by atoms with Crippen LogP contribution in [0.25, 0.3) is 0 Å². The van der Waals surface area contributed by atoms with E-state index in [9.17, 15) is 4.79 Å². The van der Waals surface area contributed by atoms with Gasteiger partial charge in [-0.1, -0.05) is 60.7 Å². The number of hydrogen-bond acceptors (Lipinski definition) is 3. The van der Waals surface area contributed by atoms with Crippen LogP contribution in [0.15, 0.2) is 83.6 Å². The van der Waals surface area contributed by atoms with Crippen LogP contribution in [0.4, 0.5) is 0 Å². The summed E-state index contributed by atoms with van der Waals surface area (Å²) in [5.41, 5.74) is 3.38. The van der Waals surface area contributed by atoms with Crippen molar-refractivity contribution >= 4 is 28.5 Å². The summed E-state index contributed by atoms with van der Waals surface area (Å²) in [5, 5.41) is 4.23. The van der Waals surface area contributed by atoms with Gasteiger partial charge in [-0.3, -0.25) is 4.79 Å². The predicted octanol–water partition coefficient (Wildman–Crippen LogP) is 5.74. The minimum atomic E-state index is -0.413. The Bertz CT molecular complexity index is 973. The summed E-state index contributed by atoms with van der Waals surface area (Å²) in [6.07, 6.45) is 0. The molecule has 0 N–H and O–H groups in total. The average molecular weight is 358 g/mol. The molecule has 2 aromatic heterocycles. The summed E-state index contributed by atoms with van der Waals surface area (Å²) in [6.45, 7) is 0. The highest BCUT2D eigenvalue weighted by molar-refractivity contribution is 7.12. The summed E-state index contributed by atoms with van der Waals surface area (Å²) in [4.78, 5) is 15.6. The van der Waals surface area contributed by atoms with Gasteiger partial charge in [0, 0.05) is 20.9 Å². The molecule has 0 radical (unpaired) electrons. The first kappa shape index (κ1) is 14.8. The topological polar surface area (TPSA) is 17.1 Å². The number of hydrogen-bond donors (Lipinski definition) is 0. The van der Waals surface area contributed by atoms with Gasteiger partial charge in [-0.15, -0.1) is 22.7 Å². The minimum Gasteiger partial charge on any atom is -0.289 e. The van der Waals surface area contributed by atoms with Gasteiger partial charge in [0.25, 0.3) is 0 Å². The average Bonchev–Trinajstić information content (AvgIpc) is 3.37. The predicted molar refractivity (Wildman–Crippen MR) is 104 cm³/mol. The largest absolute Gasteiger partial charge is 0.289 e. The molecule has 0 atom stereocenters. The third-order valence-corrected chi connectivity index (χ3v) is 6.91. The first-order chi connectivity index (χ1) is 12.3. The van der Waals surface area contributed by atoms with Crippen LogP contribution in [0.2, 0.25) is 0 Å². The lowest BCUT2D eigenvalue weighted by Gasteiger charge is -2.39. The number of thiophene rings is 2. The van der Waals surface area contributed by atoms with E-state index in [-0.39, 0.29) is 5.78 Å². The first-order valence-corrected chi connectivity index (χ1v) is 9.91. The third kappa shape index (κ3) is 1.91. The summed E-state index contributed by atoms with van der Waals surface area (Å²) < 4.78 is 0. The molecule has 1 aliphatic rings. The van der Waals surface area contributed by atoms with Crippen LogP contribution in [0.3, 0.4) is 0 Å². The van der Waals surface area contributed by atoms with Crippen molar-refractivity contribution in [2.75, 3.05) is 0 Å². The molecule has 3 heteroatoms. The van der Waals surface area contributed by atoms with E-state index in [2.05, 4.69) is 47.2 Å². The van der Waals surface area contributed by atoms with Gasteiger partial charge in [-0.25, -0.2) is 0 Å². The highest BCUT2D eigenvalue weighted by atomic mass is 32.1. The zero-order valence-electron chi connectivity index (χ0n) is 13.3. The monoisotopic (exact) mass is 358 g/mol. The summed E-state index contributed by atoms with van der Waals surface area (Å²) >= 11 is 3.50. The maximum Gasteiger partial charge on any atom is 0.193 e. The molecule has 0 saturated heterocycles. The molecular formula is C22H14OS2. The van der Waals surface area contributed by atoms with E-state index in [1.807, 2.05) is 36.4 Å². The molecule has 0 saturated carbocycles. The van der Waals surface area contributed by atoms with Gasteiger partial charge in [-0.2, -0.15) is 0 Å². The fraction of sp³-hybridized carbons (Fsp3) is 0.0455. The molecule has 1 aliphatic carbocycles. The fourth-order valence-electron chi connectivity index (χ4n) is 3.94. The van der Waals surface area contributed by atoms with Crippen LogP contribution in [0, 0.1) is 0 Å². The zero-order chi connectivity index (χ0) is 16.9. The molecule has 120 valence electrons. The van der Waals surface area contributed by atoms with Gasteiger partial charge in [0.05, 0.1) is 5.41 Å². The van der Waals surface area contributed by atoms with Crippen molar-refractivity contribution in [1.29, 1.82) is 0 Å².